The summed E-state index contributed by atoms with van der Waals surface area (Å²) in [6.07, 6.45) is 4.88. The predicted octanol–water partition coefficient (Wildman–Crippen LogP) is 4.70. The van der Waals surface area contributed by atoms with Gasteiger partial charge in [-0.2, -0.15) is 0 Å². The summed E-state index contributed by atoms with van der Waals surface area (Å²) in [5, 5.41) is 18.4. The second-order valence-corrected chi connectivity index (χ2v) is 12.1. The van der Waals surface area contributed by atoms with E-state index < -0.39 is 11.8 Å². The third-order valence-corrected chi connectivity index (χ3v) is 8.25. The van der Waals surface area contributed by atoms with Crippen molar-refractivity contribution < 1.29 is 19.2 Å². The fraction of sp³-hybridized carbons (Fsp3) is 0.303. The minimum absolute atomic E-state index is 0.0332. The van der Waals surface area contributed by atoms with Gasteiger partial charge in [0.25, 0.3) is 23.6 Å². The van der Waals surface area contributed by atoms with Crippen molar-refractivity contribution in [2.45, 2.75) is 27.2 Å². The number of carbonyl (C=O) groups excluding carboxylic acids is 4. The van der Waals surface area contributed by atoms with Crippen LogP contribution in [0.15, 0.2) is 42.9 Å². The lowest BCUT2D eigenvalue weighted by molar-refractivity contribution is 0.0947. The fourth-order valence-corrected chi connectivity index (χ4v) is 5.67. The number of benzene rings is 1. The number of aromatic nitrogens is 3. The second-order valence-electron chi connectivity index (χ2n) is 11.4. The summed E-state index contributed by atoms with van der Waals surface area (Å²) >= 11 is 11.9. The summed E-state index contributed by atoms with van der Waals surface area (Å²) in [4.78, 5) is 59.8. The zero-order valence-corrected chi connectivity index (χ0v) is 29.2. The number of hydrogen-bond donors (Lipinski definition) is 8. The Morgan fingerprint density at radius 1 is 0.857 bits per heavy atom. The largest absolute Gasteiger partial charge is 0.388 e. The molecule has 0 atom stereocenters. The van der Waals surface area contributed by atoms with Gasteiger partial charge >= 0.3 is 0 Å². The number of nitrogens with zero attached hydrogens (tertiary/aromatic N) is 2. The van der Waals surface area contributed by atoms with Crippen molar-refractivity contribution in [2.75, 3.05) is 52.2 Å². The maximum atomic E-state index is 13.2. The minimum Gasteiger partial charge on any atom is -0.388 e. The van der Waals surface area contributed by atoms with Crippen molar-refractivity contribution in [3.63, 3.8) is 0 Å². The highest BCUT2D eigenvalue weighted by Crippen LogP contribution is 2.25. The van der Waals surface area contributed by atoms with Crippen LogP contribution in [0.25, 0.3) is 0 Å². The molecule has 260 valence electrons. The van der Waals surface area contributed by atoms with Crippen LogP contribution in [0.2, 0.25) is 0 Å². The lowest BCUT2D eigenvalue weighted by atomic mass is 10.1. The van der Waals surface area contributed by atoms with Crippen molar-refractivity contribution in [1.82, 2.24) is 19.9 Å². The number of rotatable bonds is 15. The molecule has 0 unspecified atom stereocenters. The summed E-state index contributed by atoms with van der Waals surface area (Å²) in [5.74, 6) is -0.769. The number of anilines is 4. The molecule has 0 saturated heterocycles. The lowest BCUT2D eigenvalue weighted by Crippen LogP contribution is -2.28. The highest BCUT2D eigenvalue weighted by Gasteiger charge is 2.21. The van der Waals surface area contributed by atoms with E-state index in [9.17, 15) is 19.2 Å². The zero-order chi connectivity index (χ0) is 35.8. The van der Waals surface area contributed by atoms with Gasteiger partial charge in [-0.05, 0) is 50.6 Å². The predicted molar refractivity (Wildman–Crippen MR) is 194 cm³/mol. The molecule has 1 aromatic carbocycles. The van der Waals surface area contributed by atoms with Crippen molar-refractivity contribution in [3.05, 3.63) is 82.2 Å². The number of aryl methyl sites for hydroxylation is 2. The van der Waals surface area contributed by atoms with E-state index in [1.54, 1.807) is 50.0 Å². The fourth-order valence-electron chi connectivity index (χ4n) is 5.26. The van der Waals surface area contributed by atoms with Crippen LogP contribution < -0.4 is 31.9 Å². The molecule has 3 aromatic heterocycles. The maximum Gasteiger partial charge on any atom is 0.272 e. The number of nitrogens with two attached hydrogens (primary N) is 1. The molecule has 0 bridgehead atoms. The molecular weight excluding hydrogens is 671 g/mol. The topological polar surface area (TPSA) is 206 Å². The van der Waals surface area contributed by atoms with E-state index in [0.717, 1.165) is 11.3 Å². The van der Waals surface area contributed by atoms with Crippen LogP contribution >= 0.6 is 23.2 Å². The van der Waals surface area contributed by atoms with Crippen LogP contribution in [0.4, 0.5) is 22.7 Å². The van der Waals surface area contributed by atoms with Gasteiger partial charge < -0.3 is 46.4 Å². The molecular formula is C33H40Cl2N10O4. The monoisotopic (exact) mass is 710 g/mol. The standard InChI is InChI=1S/C33H40Cl2N10O4/c1-18-13-21(5-6-25(18)45(11-8-34)12-9-35)30(46)42-23-15-40-29(20(23)3)33(49)41-22-14-26(44(4)17-22)31(47)43-24-16-39-28(19(24)2)32(48)38-10-7-27(36)37/h5-6,13-17,39-40H,7-12H2,1-4H3,(H3,36,37)(H,38,48)(H,41,49)(H,42,46)(H,43,47). The summed E-state index contributed by atoms with van der Waals surface area (Å²) < 4.78 is 1.56. The highest BCUT2D eigenvalue weighted by molar-refractivity contribution is 6.18. The number of amides is 4. The summed E-state index contributed by atoms with van der Waals surface area (Å²) in [5.41, 5.74) is 10.7. The van der Waals surface area contributed by atoms with Gasteiger partial charge in [0.1, 0.15) is 17.1 Å². The quantitative estimate of drug-likeness (QED) is 0.0498. The van der Waals surface area contributed by atoms with E-state index in [1.165, 1.54) is 12.3 Å². The van der Waals surface area contributed by atoms with Gasteiger partial charge in [0, 0.05) is 85.8 Å². The Balaban J connectivity index is 1.39. The Labute approximate surface area is 293 Å². The molecule has 4 amide bonds. The molecule has 3 heterocycles. The van der Waals surface area contributed by atoms with Gasteiger partial charge in [-0.3, -0.25) is 24.6 Å². The molecule has 0 radical (unpaired) electrons. The smallest absolute Gasteiger partial charge is 0.272 e. The maximum absolute atomic E-state index is 13.2. The van der Waals surface area contributed by atoms with Crippen LogP contribution in [-0.4, -0.2) is 75.4 Å². The number of halogens is 2. The number of amidine groups is 1. The van der Waals surface area contributed by atoms with Gasteiger partial charge in [-0.25, -0.2) is 0 Å². The van der Waals surface area contributed by atoms with Crippen molar-refractivity contribution >= 4 is 75.4 Å². The minimum atomic E-state index is -0.462. The Kier molecular flexibility index (Phi) is 12.2. The molecule has 4 rings (SSSR count). The summed E-state index contributed by atoms with van der Waals surface area (Å²) in [7, 11) is 1.66. The lowest BCUT2D eigenvalue weighted by Gasteiger charge is -2.25. The SMILES string of the molecule is Cc1cc(C(=O)Nc2c[nH]c(C(=O)Nc3cc(C(=O)Nc4c[nH]c(C(=O)NCCC(=N)N)c4C)n(C)c3)c2C)ccc1N(CCCl)CCCl. The molecule has 0 spiro atoms. The van der Waals surface area contributed by atoms with E-state index >= 15 is 0 Å². The van der Waals surface area contributed by atoms with Crippen molar-refractivity contribution in [3.8, 4) is 0 Å². The first-order valence-corrected chi connectivity index (χ1v) is 16.5. The zero-order valence-electron chi connectivity index (χ0n) is 27.6. The summed E-state index contributed by atoms with van der Waals surface area (Å²) in [6, 6.07) is 6.93. The molecule has 0 saturated carbocycles. The first kappa shape index (κ1) is 36.6. The molecule has 0 aliphatic heterocycles. The van der Waals surface area contributed by atoms with Gasteiger partial charge in [-0.1, -0.05) is 0 Å². The van der Waals surface area contributed by atoms with Crippen molar-refractivity contribution in [1.29, 1.82) is 5.41 Å². The van der Waals surface area contributed by atoms with Crippen LogP contribution in [0.3, 0.4) is 0 Å². The van der Waals surface area contributed by atoms with Gasteiger partial charge in [0.05, 0.1) is 22.9 Å². The molecule has 0 fully saturated rings. The molecule has 49 heavy (non-hydrogen) atoms. The Morgan fingerprint density at radius 2 is 1.45 bits per heavy atom. The normalized spacial score (nSPS) is 10.8. The van der Waals surface area contributed by atoms with Crippen LogP contribution in [0.5, 0.6) is 0 Å². The number of H-pyrrole nitrogens is 2. The van der Waals surface area contributed by atoms with E-state index in [2.05, 4.69) is 36.1 Å². The number of aromatic amines is 2. The van der Waals surface area contributed by atoms with Gasteiger partial charge in [0.15, 0.2) is 0 Å². The number of alkyl halides is 2. The van der Waals surface area contributed by atoms with Gasteiger partial charge in [0.2, 0.25) is 0 Å². The number of nitrogens with one attached hydrogen (secondary N) is 7. The van der Waals surface area contributed by atoms with E-state index in [0.29, 0.717) is 58.6 Å². The first-order valence-electron chi connectivity index (χ1n) is 15.4. The molecule has 16 heteroatoms. The molecule has 9 N–H and O–H groups in total. The third-order valence-electron chi connectivity index (χ3n) is 7.91. The Morgan fingerprint density at radius 3 is 2.02 bits per heavy atom. The second kappa shape index (κ2) is 16.3. The van der Waals surface area contributed by atoms with Crippen LogP contribution in [0.1, 0.15) is 64.9 Å². The molecule has 14 nitrogen and oxygen atoms in total. The Bertz CT molecular complexity index is 1870. The molecule has 0 aliphatic carbocycles. The number of hydrogen-bond acceptors (Lipinski definition) is 6. The van der Waals surface area contributed by atoms with Crippen LogP contribution in [0, 0.1) is 26.2 Å². The third kappa shape index (κ3) is 8.83. The Hall–Kier alpha value is -5.21. The first-order chi connectivity index (χ1) is 23.3. The van der Waals surface area contributed by atoms with Gasteiger partial charge in [-0.15, -0.1) is 23.2 Å². The number of carbonyl (C=O) groups is 4. The molecule has 0 aliphatic rings. The average Bonchev–Trinajstić information content (AvgIpc) is 3.72. The highest BCUT2D eigenvalue weighted by atomic mass is 35.5. The van der Waals surface area contributed by atoms with Crippen LogP contribution in [-0.2, 0) is 7.05 Å². The van der Waals surface area contributed by atoms with E-state index in [4.69, 9.17) is 34.3 Å². The molecule has 4 aromatic rings. The average molecular weight is 712 g/mol. The van der Waals surface area contributed by atoms with Crippen molar-refractivity contribution in [2.24, 2.45) is 12.8 Å². The van der Waals surface area contributed by atoms with E-state index in [1.807, 2.05) is 13.0 Å². The summed E-state index contributed by atoms with van der Waals surface area (Å²) in [6.45, 7) is 6.80. The van der Waals surface area contributed by atoms with E-state index in [-0.39, 0.29) is 47.7 Å².